The highest BCUT2D eigenvalue weighted by Crippen LogP contribution is 2.22. The van der Waals surface area contributed by atoms with E-state index in [2.05, 4.69) is 6.42 Å². The standard InChI is InChI=1S/C7H13O2/c1-8-6-4-3-5-7(6)9-2/h4,6-7H,3,5H2,1-2H3. The first-order valence-corrected chi connectivity index (χ1v) is 3.27. The molecule has 1 rings (SSSR count). The molecule has 1 fully saturated rings. The summed E-state index contributed by atoms with van der Waals surface area (Å²) < 4.78 is 10.3. The summed E-state index contributed by atoms with van der Waals surface area (Å²) in [5, 5.41) is 0. The van der Waals surface area contributed by atoms with Gasteiger partial charge in [-0.15, -0.1) is 0 Å². The van der Waals surface area contributed by atoms with Crippen molar-refractivity contribution in [2.45, 2.75) is 25.0 Å². The summed E-state index contributed by atoms with van der Waals surface area (Å²) in [7, 11) is 3.45. The van der Waals surface area contributed by atoms with Gasteiger partial charge in [0.15, 0.2) is 0 Å². The molecule has 0 spiro atoms. The first-order valence-electron chi connectivity index (χ1n) is 3.27. The Balaban J connectivity index is 2.32. The molecule has 1 radical (unpaired) electrons. The van der Waals surface area contributed by atoms with Crippen LogP contribution in [-0.2, 0) is 9.47 Å². The van der Waals surface area contributed by atoms with Gasteiger partial charge in [-0.25, -0.2) is 0 Å². The third-order valence-corrected chi connectivity index (χ3v) is 1.79. The van der Waals surface area contributed by atoms with E-state index < -0.39 is 0 Å². The molecule has 0 aromatic heterocycles. The second-order valence-electron chi connectivity index (χ2n) is 2.29. The van der Waals surface area contributed by atoms with Crippen LogP contribution in [0.4, 0.5) is 0 Å². The lowest BCUT2D eigenvalue weighted by Crippen LogP contribution is -2.23. The molecule has 1 aliphatic carbocycles. The van der Waals surface area contributed by atoms with E-state index in [0.717, 1.165) is 12.8 Å². The molecular formula is C7H13O2. The lowest BCUT2D eigenvalue weighted by Gasteiger charge is -2.15. The summed E-state index contributed by atoms with van der Waals surface area (Å²) in [6.07, 6.45) is 4.92. The highest BCUT2D eigenvalue weighted by atomic mass is 16.5. The van der Waals surface area contributed by atoms with E-state index in [1.54, 1.807) is 14.2 Å². The third kappa shape index (κ3) is 1.43. The maximum Gasteiger partial charge on any atom is 0.0864 e. The normalized spacial score (nSPS) is 35.3. The summed E-state index contributed by atoms with van der Waals surface area (Å²) >= 11 is 0. The van der Waals surface area contributed by atoms with Crippen molar-refractivity contribution in [3.8, 4) is 0 Å². The van der Waals surface area contributed by atoms with Crippen molar-refractivity contribution >= 4 is 0 Å². The quantitative estimate of drug-likeness (QED) is 0.554. The minimum Gasteiger partial charge on any atom is -0.379 e. The molecule has 0 N–H and O–H groups in total. The van der Waals surface area contributed by atoms with E-state index in [-0.39, 0.29) is 6.10 Å². The highest BCUT2D eigenvalue weighted by Gasteiger charge is 2.26. The Bertz CT molecular complexity index is 73.0. The van der Waals surface area contributed by atoms with Crippen LogP contribution >= 0.6 is 0 Å². The van der Waals surface area contributed by atoms with Crippen molar-refractivity contribution in [3.63, 3.8) is 0 Å². The van der Waals surface area contributed by atoms with Gasteiger partial charge in [-0.2, -0.15) is 0 Å². The second kappa shape index (κ2) is 3.18. The van der Waals surface area contributed by atoms with Gasteiger partial charge in [0.05, 0.1) is 12.2 Å². The van der Waals surface area contributed by atoms with Crippen molar-refractivity contribution in [2.24, 2.45) is 0 Å². The second-order valence-corrected chi connectivity index (χ2v) is 2.29. The zero-order valence-electron chi connectivity index (χ0n) is 5.96. The average Bonchev–Trinajstić information content (AvgIpc) is 2.33. The van der Waals surface area contributed by atoms with Crippen LogP contribution in [0.15, 0.2) is 0 Å². The summed E-state index contributed by atoms with van der Waals surface area (Å²) in [5.74, 6) is 0. The van der Waals surface area contributed by atoms with E-state index in [9.17, 15) is 0 Å². The van der Waals surface area contributed by atoms with Gasteiger partial charge in [-0.05, 0) is 19.3 Å². The fourth-order valence-corrected chi connectivity index (χ4v) is 1.24. The van der Waals surface area contributed by atoms with Crippen LogP contribution in [0.25, 0.3) is 0 Å². The smallest absolute Gasteiger partial charge is 0.0864 e. The van der Waals surface area contributed by atoms with Gasteiger partial charge in [0.1, 0.15) is 0 Å². The SMILES string of the molecule is COC1[CH]CCC1OC. The molecule has 2 nitrogen and oxygen atoms in total. The Morgan fingerprint density at radius 1 is 1.33 bits per heavy atom. The first kappa shape index (κ1) is 7.03. The van der Waals surface area contributed by atoms with E-state index in [0.29, 0.717) is 6.10 Å². The minimum atomic E-state index is 0.231. The summed E-state index contributed by atoms with van der Waals surface area (Å²) in [6, 6.07) is 0. The number of methoxy groups -OCH3 is 2. The molecule has 0 aromatic rings. The molecule has 2 atom stereocenters. The fraction of sp³-hybridized carbons (Fsp3) is 0.857. The molecule has 9 heavy (non-hydrogen) atoms. The summed E-state index contributed by atoms with van der Waals surface area (Å²) in [6.45, 7) is 0. The molecule has 0 amide bonds. The molecule has 0 heterocycles. The third-order valence-electron chi connectivity index (χ3n) is 1.79. The highest BCUT2D eigenvalue weighted by molar-refractivity contribution is 4.92. The number of rotatable bonds is 2. The van der Waals surface area contributed by atoms with Gasteiger partial charge in [0, 0.05) is 14.2 Å². The minimum absolute atomic E-state index is 0.231. The molecule has 1 saturated carbocycles. The zero-order chi connectivity index (χ0) is 6.69. The number of hydrogen-bond donors (Lipinski definition) is 0. The van der Waals surface area contributed by atoms with E-state index in [1.807, 2.05) is 0 Å². The van der Waals surface area contributed by atoms with Gasteiger partial charge < -0.3 is 9.47 Å². The molecule has 2 unspecified atom stereocenters. The van der Waals surface area contributed by atoms with Crippen molar-refractivity contribution in [1.29, 1.82) is 0 Å². The first-order chi connectivity index (χ1) is 4.38. The van der Waals surface area contributed by atoms with E-state index in [1.165, 1.54) is 0 Å². The Morgan fingerprint density at radius 3 is 2.56 bits per heavy atom. The van der Waals surface area contributed by atoms with E-state index in [4.69, 9.17) is 9.47 Å². The molecule has 0 saturated heterocycles. The van der Waals surface area contributed by atoms with Crippen molar-refractivity contribution < 1.29 is 9.47 Å². The van der Waals surface area contributed by atoms with Crippen LogP contribution in [0.2, 0.25) is 0 Å². The predicted molar refractivity (Wildman–Crippen MR) is 35.1 cm³/mol. The van der Waals surface area contributed by atoms with Crippen LogP contribution in [0, 0.1) is 6.42 Å². The monoisotopic (exact) mass is 129 g/mol. The van der Waals surface area contributed by atoms with E-state index >= 15 is 0 Å². The van der Waals surface area contributed by atoms with Crippen LogP contribution in [0.3, 0.4) is 0 Å². The molecule has 0 aromatic carbocycles. The molecule has 53 valence electrons. The Morgan fingerprint density at radius 2 is 2.11 bits per heavy atom. The zero-order valence-corrected chi connectivity index (χ0v) is 5.96. The largest absolute Gasteiger partial charge is 0.379 e. The van der Waals surface area contributed by atoms with Crippen LogP contribution in [0.1, 0.15) is 12.8 Å². The molecule has 0 aliphatic heterocycles. The van der Waals surface area contributed by atoms with Crippen molar-refractivity contribution in [3.05, 3.63) is 6.42 Å². The maximum absolute atomic E-state index is 5.16. The fourth-order valence-electron chi connectivity index (χ4n) is 1.24. The molecule has 2 heteroatoms. The molecular weight excluding hydrogens is 116 g/mol. The lowest BCUT2D eigenvalue weighted by molar-refractivity contribution is -0.00313. The lowest BCUT2D eigenvalue weighted by atomic mass is 10.3. The Hall–Kier alpha value is -0.0800. The topological polar surface area (TPSA) is 18.5 Å². The van der Waals surface area contributed by atoms with Gasteiger partial charge in [0.25, 0.3) is 0 Å². The Labute approximate surface area is 56.2 Å². The summed E-state index contributed by atoms with van der Waals surface area (Å²) in [5.41, 5.74) is 0. The van der Waals surface area contributed by atoms with Crippen molar-refractivity contribution in [2.75, 3.05) is 14.2 Å². The molecule has 1 aliphatic rings. The summed E-state index contributed by atoms with van der Waals surface area (Å²) in [4.78, 5) is 0. The maximum atomic E-state index is 5.16. The van der Waals surface area contributed by atoms with Crippen LogP contribution in [0.5, 0.6) is 0 Å². The predicted octanol–water partition coefficient (Wildman–Crippen LogP) is 1.01. The van der Waals surface area contributed by atoms with Gasteiger partial charge in [-0.3, -0.25) is 0 Å². The van der Waals surface area contributed by atoms with Crippen molar-refractivity contribution in [1.82, 2.24) is 0 Å². The molecule has 0 bridgehead atoms. The number of ether oxygens (including phenoxy) is 2. The van der Waals surface area contributed by atoms with Gasteiger partial charge >= 0.3 is 0 Å². The van der Waals surface area contributed by atoms with Crippen LogP contribution < -0.4 is 0 Å². The number of hydrogen-bond acceptors (Lipinski definition) is 2. The van der Waals surface area contributed by atoms with Crippen LogP contribution in [-0.4, -0.2) is 26.4 Å². The Kier molecular flexibility index (Phi) is 2.49. The average molecular weight is 129 g/mol. The van der Waals surface area contributed by atoms with Gasteiger partial charge in [-0.1, -0.05) is 0 Å². The van der Waals surface area contributed by atoms with Gasteiger partial charge in [0.2, 0.25) is 0 Å².